The number of benzene rings is 3. The van der Waals surface area contributed by atoms with Crippen LogP contribution in [0.15, 0.2) is 85.2 Å². The van der Waals surface area contributed by atoms with E-state index in [0.29, 0.717) is 64.2 Å². The highest BCUT2D eigenvalue weighted by molar-refractivity contribution is 8.00. The number of para-hydroxylation sites is 2. The highest BCUT2D eigenvalue weighted by Gasteiger charge is 2.47. The Morgan fingerprint density at radius 1 is 0.553 bits per heavy atom. The zero-order valence-corrected chi connectivity index (χ0v) is 76.9. The van der Waals surface area contributed by atoms with Crippen molar-refractivity contribution >= 4 is 140 Å². The Hall–Kier alpha value is -12.8. The number of carbonyl (C=O) groups excluding carboxylic acids is 17. The summed E-state index contributed by atoms with van der Waals surface area (Å²) in [6, 6.07) is -0.606. The van der Waals surface area contributed by atoms with Crippen LogP contribution >= 0.6 is 11.8 Å². The molecule has 0 aliphatic carbocycles. The van der Waals surface area contributed by atoms with E-state index < -0.39 is 241 Å². The highest BCUT2D eigenvalue weighted by Crippen LogP contribution is 2.28. The molecular formula is C89H129N23O19S. The van der Waals surface area contributed by atoms with Gasteiger partial charge in [0.2, 0.25) is 100 Å². The van der Waals surface area contributed by atoms with Gasteiger partial charge in [0.25, 0.3) is 0 Å². The van der Waals surface area contributed by atoms with Crippen LogP contribution in [0.4, 0.5) is 0 Å². The number of hydrogen-bond acceptors (Lipinski definition) is 22. The maximum atomic E-state index is 15.7. The highest BCUT2D eigenvalue weighted by atomic mass is 32.2. The van der Waals surface area contributed by atoms with E-state index in [2.05, 4.69) is 68.5 Å². The Bertz CT molecular complexity index is 4970. The fourth-order valence-electron chi connectivity index (χ4n) is 16.4. The molecule has 3 aromatic carbocycles. The zero-order chi connectivity index (χ0) is 96.9. The number of aliphatic hydroxyl groups is 2. The topological polar surface area (TPSA) is 639 Å². The second kappa shape index (κ2) is 50.0. The first-order valence-electron chi connectivity index (χ1n) is 44.6. The van der Waals surface area contributed by atoms with Gasteiger partial charge in [-0.15, -0.1) is 11.8 Å². The third-order valence-electron chi connectivity index (χ3n) is 23.7. The Morgan fingerprint density at radius 2 is 1.09 bits per heavy atom. The number of thioether (sulfide) groups is 1. The van der Waals surface area contributed by atoms with Crippen molar-refractivity contribution in [2.24, 2.45) is 28.9 Å². The van der Waals surface area contributed by atoms with Gasteiger partial charge in [-0.25, -0.2) is 0 Å². The van der Waals surface area contributed by atoms with E-state index in [4.69, 9.17) is 28.3 Å². The van der Waals surface area contributed by atoms with Gasteiger partial charge in [-0.3, -0.25) is 86.9 Å². The molecule has 2 unspecified atom stereocenters. The maximum Gasteiger partial charge on any atom is 0.246 e. The molecule has 8 rings (SSSR count). The van der Waals surface area contributed by atoms with Crippen LogP contribution in [0.5, 0.6) is 0 Å². The lowest BCUT2D eigenvalue weighted by Gasteiger charge is -2.36. The first-order chi connectivity index (χ1) is 62.8. The summed E-state index contributed by atoms with van der Waals surface area (Å²) in [5.41, 5.74) is 26.6. The van der Waals surface area contributed by atoms with Gasteiger partial charge >= 0.3 is 0 Å². The van der Waals surface area contributed by atoms with Crippen molar-refractivity contribution < 1.29 is 91.7 Å². The Kier molecular flexibility index (Phi) is 39.6. The minimum Gasteiger partial charge on any atom is -0.394 e. The molecule has 2 aromatic heterocycles. The molecule has 43 heteroatoms. The maximum absolute atomic E-state index is 15.7. The number of aromatic nitrogens is 2. The number of rotatable bonds is 25. The summed E-state index contributed by atoms with van der Waals surface area (Å²) in [5, 5.41) is 60.6. The minimum absolute atomic E-state index is 0.00355. The molecule has 3 saturated heterocycles. The van der Waals surface area contributed by atoms with Crippen molar-refractivity contribution in [3.8, 4) is 0 Å². The third-order valence-corrected chi connectivity index (χ3v) is 24.8. The summed E-state index contributed by atoms with van der Waals surface area (Å²) in [6.07, 6.45) is 1.54. The summed E-state index contributed by atoms with van der Waals surface area (Å²) in [4.78, 5) is 261. The Morgan fingerprint density at radius 3 is 1.70 bits per heavy atom. The first-order valence-corrected chi connectivity index (χ1v) is 45.7. The molecular weight excluding hydrogens is 1730 g/mol. The lowest BCUT2D eigenvalue weighted by Crippen LogP contribution is -2.62. The second-order valence-electron chi connectivity index (χ2n) is 34.3. The van der Waals surface area contributed by atoms with Crippen molar-refractivity contribution in [3.05, 3.63) is 107 Å². The summed E-state index contributed by atoms with van der Waals surface area (Å²) in [7, 11) is 3.95. The van der Waals surface area contributed by atoms with Gasteiger partial charge in [-0.05, 0) is 93.5 Å². The lowest BCUT2D eigenvalue weighted by atomic mass is 10.00. The summed E-state index contributed by atoms with van der Waals surface area (Å²) < 4.78 is 0. The van der Waals surface area contributed by atoms with Gasteiger partial charge in [0.1, 0.15) is 84.6 Å². The van der Waals surface area contributed by atoms with Crippen LogP contribution < -0.4 is 81.4 Å². The van der Waals surface area contributed by atoms with Gasteiger partial charge in [0, 0.05) is 113 Å². The van der Waals surface area contributed by atoms with Crippen molar-refractivity contribution in [2.45, 2.75) is 235 Å². The lowest BCUT2D eigenvalue weighted by molar-refractivity contribution is -0.149. The quantitative estimate of drug-likeness (QED) is 0.0154. The fourth-order valence-corrected chi connectivity index (χ4v) is 17.3. The SMILES string of the molecule is CCCC[C@H]1C(=O)N(C)[C@@H](CCCC)C(=O)N[C@@H](CCCNC(=N)N)C(=O)N[C@H](C(=O)NCC(N)=O)CSCC(=O)N[C@@H](Cc2cccc(C)c2)C(=O)N(C)[C@@H](C)C(=O)NC(CC(N)=O)C(=O)N2CCC[C@H]2C(=O)N[C@@H](CN)C(=O)N[C@@H](CC(C)C)C(=O)N2C[C@H](O)CC2C(=O)N[C@@H](Cc2c[nH]c3ccccc23)C(=O)N[C@@H](CO)C(=O)N[C@@H](Cc2c[nH]c3ccccc23)C(=O)N1C. The van der Waals surface area contributed by atoms with Crippen LogP contribution in [0.3, 0.4) is 0 Å². The molecule has 0 radical (unpaired) electrons. The van der Waals surface area contributed by atoms with Crippen molar-refractivity contribution in [1.82, 2.24) is 93.0 Å². The number of carbonyl (C=O) groups is 17. The number of likely N-dealkylation sites (N-methyl/N-ethyl adjacent to an activating group) is 3. The predicted molar refractivity (Wildman–Crippen MR) is 490 cm³/mol. The molecule has 132 heavy (non-hydrogen) atoms. The molecule has 0 saturated carbocycles. The number of unbranched alkanes of at least 4 members (excludes halogenated alkanes) is 2. The number of aromatic amines is 2. The van der Waals surface area contributed by atoms with E-state index in [9.17, 15) is 58.2 Å². The number of H-pyrrole nitrogens is 2. The average molecular weight is 1860 g/mol. The number of nitrogens with two attached hydrogens (primary N) is 4. The van der Waals surface area contributed by atoms with E-state index in [0.717, 1.165) is 41.8 Å². The Labute approximate surface area is 769 Å². The number of nitrogens with zero attached hydrogens (tertiary/aromatic N) is 5. The zero-order valence-electron chi connectivity index (χ0n) is 76.1. The smallest absolute Gasteiger partial charge is 0.246 e. The predicted octanol–water partition coefficient (Wildman–Crippen LogP) is -3.33. The molecule has 3 fully saturated rings. The molecule has 5 aromatic rings. The van der Waals surface area contributed by atoms with Gasteiger partial charge in [0.15, 0.2) is 5.96 Å². The molecule has 17 amide bonds. The average Bonchev–Trinajstić information content (AvgIpc) is 1.17. The van der Waals surface area contributed by atoms with Crippen molar-refractivity contribution in [1.29, 1.82) is 5.41 Å². The molecule has 5 heterocycles. The number of hydrogen-bond donors (Lipinski definition) is 20. The van der Waals surface area contributed by atoms with Crippen LogP contribution in [0.1, 0.15) is 140 Å². The van der Waals surface area contributed by atoms with Crippen LogP contribution in [0, 0.1) is 18.3 Å². The third kappa shape index (κ3) is 29.1. The van der Waals surface area contributed by atoms with Gasteiger partial charge < -0.3 is 126 Å². The Balaban J connectivity index is 1.19. The molecule has 3 aliphatic heterocycles. The van der Waals surface area contributed by atoms with E-state index in [-0.39, 0.29) is 89.6 Å². The standard InChI is InChI=1S/C89H129N23O19S/c1-10-12-28-68-81(124)100-59(27-19-31-95-89(93)94)77(120)107-67(76(119)98-43-73(92)116)46-132-47-74(117)99-62(35-51-22-18-21-49(5)34-51)84(127)108(7)50(6)75(118)102-64(39-72(91)115)86(129)111-32-20-30-69(111)82(125)105-65(40-90)79(122)103-61(33-48(3)4)87(130)112-44-54(114)38-71(112)83(126)101-60(36-52-41-96-57-25-16-14-23-55(52)57)78(121)106-66(45-113)80(123)104-63(37-53-42-97-58-26-17-15-24-56(53)58)85(128)110(9)70(29-13-11-2)88(131)109(68)8/h14-18,21-26,34,41-42,48,50,54,59-71,96-97,113-114H,10-13,19-20,27-33,35-40,43-47,90H2,1-9H3,(H2,91,115)(H2,92,116)(H,98,119)(H,99,117)(H,100,124)(H,101,126)(H,102,118)(H,103,122)(H,104,123)(H,105,125)(H,106,121)(H,107,120)(H4,93,94,95)/t50-,54+,59-,60-,61-,62-,63-,64?,65-,66-,67-,68-,69-,70-,71?/m0/s1. The minimum atomic E-state index is -1.89. The van der Waals surface area contributed by atoms with Gasteiger partial charge in [-0.1, -0.05) is 120 Å². The summed E-state index contributed by atoms with van der Waals surface area (Å²) in [5.74, 6) is -17.6. The summed E-state index contributed by atoms with van der Waals surface area (Å²) >= 11 is 0.792. The van der Waals surface area contributed by atoms with Crippen LogP contribution in [0.25, 0.3) is 21.8 Å². The number of guanidine groups is 1. The number of primary amides is 2. The first kappa shape index (κ1) is 105. The van der Waals surface area contributed by atoms with Crippen LogP contribution in [-0.2, 0) is 101 Å². The van der Waals surface area contributed by atoms with Crippen LogP contribution in [0.2, 0.25) is 0 Å². The monoisotopic (exact) mass is 1860 g/mol. The van der Waals surface area contributed by atoms with E-state index in [1.54, 1.807) is 106 Å². The van der Waals surface area contributed by atoms with E-state index in [1.165, 1.54) is 28.1 Å². The summed E-state index contributed by atoms with van der Waals surface area (Å²) in [6.45, 7) is 7.30. The van der Waals surface area contributed by atoms with Crippen molar-refractivity contribution in [3.63, 3.8) is 0 Å². The number of fused-ring (bicyclic) bond motifs is 4. The number of amides is 17. The molecule has 720 valence electrons. The van der Waals surface area contributed by atoms with Gasteiger partial charge in [0.05, 0.1) is 31.4 Å². The normalized spacial score (nSPS) is 25.1. The largest absolute Gasteiger partial charge is 0.394 e. The van der Waals surface area contributed by atoms with Crippen LogP contribution in [-0.4, -0.2) is 314 Å². The van der Waals surface area contributed by atoms with E-state index >= 15 is 33.6 Å². The molecule has 3 aliphatic rings. The van der Waals surface area contributed by atoms with Gasteiger partial charge in [-0.2, -0.15) is 0 Å². The second-order valence-corrected chi connectivity index (χ2v) is 35.3. The van der Waals surface area contributed by atoms with Crippen molar-refractivity contribution in [2.75, 3.05) is 72.0 Å². The number of aliphatic hydroxyl groups excluding tert-OH is 2. The number of nitrogens with one attached hydrogen (secondary N) is 14. The molecule has 42 nitrogen and oxygen atoms in total. The number of aryl methyl sites for hydroxylation is 1. The fraction of sp³-hybridized carbons (Fsp3) is 0.551. The molecule has 0 spiro atoms. The molecule has 24 N–H and O–H groups in total. The molecule has 0 bridgehead atoms. The van der Waals surface area contributed by atoms with E-state index in [1.807, 2.05) is 13.8 Å². The molecule has 15 atom stereocenters.